The molecule has 0 saturated carbocycles. The van der Waals surface area contributed by atoms with Crippen molar-refractivity contribution in [3.8, 4) is 0 Å². The summed E-state index contributed by atoms with van der Waals surface area (Å²) in [4.78, 5) is 0. The average Bonchev–Trinajstić information content (AvgIpc) is 2.81. The summed E-state index contributed by atoms with van der Waals surface area (Å²) < 4.78 is 0. The fourth-order valence-electron chi connectivity index (χ4n) is 2.21. The highest BCUT2D eigenvalue weighted by molar-refractivity contribution is 7.99. The molecule has 1 aromatic carbocycles. The summed E-state index contributed by atoms with van der Waals surface area (Å²) in [5.74, 6) is 3.79. The van der Waals surface area contributed by atoms with Crippen LogP contribution in [0.3, 0.4) is 0 Å². The number of hydrogen-bond acceptors (Lipinski definition) is 2. The fourth-order valence-corrected chi connectivity index (χ4v) is 3.52. The summed E-state index contributed by atoms with van der Waals surface area (Å²) in [5, 5.41) is 0. The highest BCUT2D eigenvalue weighted by Crippen LogP contribution is 2.32. The highest BCUT2D eigenvalue weighted by Gasteiger charge is 2.23. The molecule has 1 aromatic rings. The Morgan fingerprint density at radius 1 is 1.19 bits per heavy atom. The van der Waals surface area contributed by atoms with Crippen LogP contribution in [0.2, 0.25) is 0 Å². The van der Waals surface area contributed by atoms with Crippen molar-refractivity contribution in [3.05, 3.63) is 35.4 Å². The molecule has 2 heteroatoms. The SMILES string of the molecule is CC(C)c1ccc(C(N)C2CCSC2)cc1. The lowest BCUT2D eigenvalue weighted by Gasteiger charge is -2.19. The van der Waals surface area contributed by atoms with Gasteiger partial charge in [0, 0.05) is 6.04 Å². The molecule has 2 N–H and O–H groups in total. The third-order valence-electron chi connectivity index (χ3n) is 3.46. The third kappa shape index (κ3) is 2.61. The van der Waals surface area contributed by atoms with E-state index in [0.717, 1.165) is 0 Å². The second kappa shape index (κ2) is 5.24. The van der Waals surface area contributed by atoms with E-state index in [1.807, 2.05) is 11.8 Å². The zero-order chi connectivity index (χ0) is 11.5. The molecule has 2 atom stereocenters. The lowest BCUT2D eigenvalue weighted by molar-refractivity contribution is 0.482. The Morgan fingerprint density at radius 3 is 2.31 bits per heavy atom. The van der Waals surface area contributed by atoms with Gasteiger partial charge in [0.25, 0.3) is 0 Å². The van der Waals surface area contributed by atoms with Crippen molar-refractivity contribution in [2.45, 2.75) is 32.2 Å². The van der Waals surface area contributed by atoms with Gasteiger partial charge in [0.05, 0.1) is 0 Å². The summed E-state index contributed by atoms with van der Waals surface area (Å²) in [7, 11) is 0. The summed E-state index contributed by atoms with van der Waals surface area (Å²) in [6.45, 7) is 4.45. The quantitative estimate of drug-likeness (QED) is 0.867. The molecule has 0 aromatic heterocycles. The van der Waals surface area contributed by atoms with Gasteiger partial charge < -0.3 is 5.73 Å². The van der Waals surface area contributed by atoms with Gasteiger partial charge in [-0.1, -0.05) is 38.1 Å². The van der Waals surface area contributed by atoms with Crippen molar-refractivity contribution in [3.63, 3.8) is 0 Å². The van der Waals surface area contributed by atoms with Gasteiger partial charge in [0.2, 0.25) is 0 Å². The van der Waals surface area contributed by atoms with Gasteiger partial charge in [0.1, 0.15) is 0 Å². The van der Waals surface area contributed by atoms with Crippen LogP contribution in [0.5, 0.6) is 0 Å². The van der Waals surface area contributed by atoms with E-state index in [0.29, 0.717) is 11.8 Å². The van der Waals surface area contributed by atoms with Crippen molar-refractivity contribution in [2.75, 3.05) is 11.5 Å². The number of nitrogens with two attached hydrogens (primary N) is 1. The Hall–Kier alpha value is -0.470. The maximum Gasteiger partial charge on any atom is 0.0331 e. The van der Waals surface area contributed by atoms with Crippen LogP contribution in [0.25, 0.3) is 0 Å². The van der Waals surface area contributed by atoms with Crippen molar-refractivity contribution >= 4 is 11.8 Å². The monoisotopic (exact) mass is 235 g/mol. The van der Waals surface area contributed by atoms with Gasteiger partial charge in [-0.2, -0.15) is 11.8 Å². The topological polar surface area (TPSA) is 26.0 Å². The minimum Gasteiger partial charge on any atom is -0.324 e. The van der Waals surface area contributed by atoms with E-state index in [4.69, 9.17) is 5.73 Å². The highest BCUT2D eigenvalue weighted by atomic mass is 32.2. The summed E-state index contributed by atoms with van der Waals surface area (Å²) in [6, 6.07) is 9.10. The number of hydrogen-bond donors (Lipinski definition) is 1. The Bertz CT molecular complexity index is 325. The van der Waals surface area contributed by atoms with Gasteiger partial charge in [-0.25, -0.2) is 0 Å². The average molecular weight is 235 g/mol. The first-order valence-corrected chi connectivity index (χ1v) is 7.27. The Balaban J connectivity index is 2.08. The van der Waals surface area contributed by atoms with E-state index in [1.54, 1.807) is 0 Å². The van der Waals surface area contributed by atoms with Crippen LogP contribution in [-0.4, -0.2) is 11.5 Å². The summed E-state index contributed by atoms with van der Waals surface area (Å²) >= 11 is 2.03. The van der Waals surface area contributed by atoms with E-state index in [1.165, 1.54) is 29.1 Å². The molecule has 0 amide bonds. The van der Waals surface area contributed by atoms with Crippen LogP contribution in [0, 0.1) is 5.92 Å². The van der Waals surface area contributed by atoms with Gasteiger partial charge in [0.15, 0.2) is 0 Å². The molecule has 0 radical (unpaired) electrons. The molecule has 0 bridgehead atoms. The Morgan fingerprint density at radius 2 is 1.81 bits per heavy atom. The molecule has 88 valence electrons. The molecule has 2 unspecified atom stereocenters. The molecule has 1 saturated heterocycles. The predicted octanol–water partition coefficient (Wildman–Crippen LogP) is 3.56. The van der Waals surface area contributed by atoms with Crippen molar-refractivity contribution < 1.29 is 0 Å². The van der Waals surface area contributed by atoms with Crippen LogP contribution in [-0.2, 0) is 0 Å². The molecule has 1 nitrogen and oxygen atoms in total. The first-order chi connectivity index (χ1) is 7.68. The van der Waals surface area contributed by atoms with Gasteiger partial charge in [-0.15, -0.1) is 0 Å². The van der Waals surface area contributed by atoms with Gasteiger partial charge in [-0.3, -0.25) is 0 Å². The van der Waals surface area contributed by atoms with E-state index in [9.17, 15) is 0 Å². The van der Waals surface area contributed by atoms with Gasteiger partial charge >= 0.3 is 0 Å². The van der Waals surface area contributed by atoms with Crippen LogP contribution < -0.4 is 5.73 Å². The minimum absolute atomic E-state index is 0.233. The first-order valence-electron chi connectivity index (χ1n) is 6.11. The maximum atomic E-state index is 6.31. The second-order valence-corrected chi connectivity index (χ2v) is 6.12. The molecule has 0 aliphatic carbocycles. The number of benzene rings is 1. The molecule has 2 rings (SSSR count). The zero-order valence-electron chi connectivity index (χ0n) is 10.1. The molecule has 1 aliphatic heterocycles. The zero-order valence-corrected chi connectivity index (χ0v) is 11.0. The van der Waals surface area contributed by atoms with Crippen LogP contribution in [0.1, 0.15) is 43.4 Å². The lowest BCUT2D eigenvalue weighted by Crippen LogP contribution is -2.21. The normalized spacial score (nSPS) is 22.6. The molecule has 16 heavy (non-hydrogen) atoms. The number of rotatable bonds is 3. The molecule has 1 heterocycles. The van der Waals surface area contributed by atoms with Gasteiger partial charge in [-0.05, 0) is 40.9 Å². The lowest BCUT2D eigenvalue weighted by atomic mass is 9.91. The van der Waals surface area contributed by atoms with Crippen molar-refractivity contribution in [1.29, 1.82) is 0 Å². The Labute approximate surface area is 103 Å². The van der Waals surface area contributed by atoms with Crippen LogP contribution in [0.4, 0.5) is 0 Å². The van der Waals surface area contributed by atoms with Crippen molar-refractivity contribution in [2.24, 2.45) is 11.7 Å². The second-order valence-electron chi connectivity index (χ2n) is 4.97. The van der Waals surface area contributed by atoms with E-state index in [2.05, 4.69) is 38.1 Å². The molecule has 1 aliphatic rings. The van der Waals surface area contributed by atoms with Crippen LogP contribution in [0.15, 0.2) is 24.3 Å². The number of thioether (sulfide) groups is 1. The third-order valence-corrected chi connectivity index (χ3v) is 4.65. The van der Waals surface area contributed by atoms with E-state index < -0.39 is 0 Å². The van der Waals surface area contributed by atoms with E-state index >= 15 is 0 Å². The summed E-state index contributed by atoms with van der Waals surface area (Å²) in [6.07, 6.45) is 1.28. The largest absolute Gasteiger partial charge is 0.324 e. The van der Waals surface area contributed by atoms with Crippen LogP contribution >= 0.6 is 11.8 Å². The molecule has 0 spiro atoms. The predicted molar refractivity (Wildman–Crippen MR) is 72.9 cm³/mol. The van der Waals surface area contributed by atoms with Crippen molar-refractivity contribution in [1.82, 2.24) is 0 Å². The molecule has 1 fully saturated rings. The fraction of sp³-hybridized carbons (Fsp3) is 0.571. The minimum atomic E-state index is 0.233. The summed E-state index contributed by atoms with van der Waals surface area (Å²) in [5.41, 5.74) is 9.02. The standard InChI is InChI=1S/C14H21NS/c1-10(2)11-3-5-12(6-4-11)14(15)13-7-8-16-9-13/h3-6,10,13-14H,7-9,15H2,1-2H3. The molecular weight excluding hydrogens is 214 g/mol. The first kappa shape index (κ1) is 12.0. The maximum absolute atomic E-state index is 6.31. The van der Waals surface area contributed by atoms with E-state index in [-0.39, 0.29) is 6.04 Å². The smallest absolute Gasteiger partial charge is 0.0331 e. The Kier molecular flexibility index (Phi) is 3.93. The molecular formula is C14H21NS.